The maximum absolute atomic E-state index is 10.3. The van der Waals surface area contributed by atoms with Crippen molar-refractivity contribution in [1.82, 2.24) is 0 Å². The summed E-state index contributed by atoms with van der Waals surface area (Å²) < 4.78 is 4.64. The number of rotatable bonds is 1. The maximum atomic E-state index is 10.3. The first kappa shape index (κ1) is 9.70. The Labute approximate surface area is 65.7 Å². The first-order valence-corrected chi connectivity index (χ1v) is 3.21. The normalized spacial score (nSPS) is 10.8. The Morgan fingerprint density at radius 1 is 1.36 bits per heavy atom. The Morgan fingerprint density at radius 2 is 1.91 bits per heavy atom. The van der Waals surface area contributed by atoms with E-state index in [4.69, 9.17) is 0 Å². The molecular weight excluding hydrogens is 144 g/mol. The average Bonchev–Trinajstić information content (AvgIpc) is 1.82. The van der Waals surface area contributed by atoms with Crippen LogP contribution < -0.4 is 0 Å². The quantitative estimate of drug-likeness (QED) is 0.314. The molecule has 0 spiro atoms. The number of carbonyl (C=O) groups excluding carboxylic acids is 2. The van der Waals surface area contributed by atoms with Crippen LogP contribution in [-0.2, 0) is 14.3 Å². The number of Topliss-reactive ketones (excluding diaryl/α,β-unsaturated/α-hetero) is 1. The average molecular weight is 154 g/mol. The molecule has 3 nitrogen and oxygen atoms in total. The molecule has 11 heavy (non-hydrogen) atoms. The minimum Gasteiger partial charge on any atom is -0.450 e. The van der Waals surface area contributed by atoms with Crippen LogP contribution in [0.15, 0.2) is 0 Å². The lowest BCUT2D eigenvalue weighted by Crippen LogP contribution is -2.09. The van der Waals surface area contributed by atoms with Gasteiger partial charge in [0.1, 0.15) is 0 Å². The van der Waals surface area contributed by atoms with Crippen molar-refractivity contribution in [3.8, 4) is 11.8 Å². The smallest absolute Gasteiger partial charge is 0.303 e. The molecule has 0 aromatic heterocycles. The Hall–Kier alpha value is -1.30. The van der Waals surface area contributed by atoms with Crippen molar-refractivity contribution < 1.29 is 14.3 Å². The van der Waals surface area contributed by atoms with E-state index in [-0.39, 0.29) is 5.78 Å². The molecule has 3 heteroatoms. The molecule has 0 bridgehead atoms. The van der Waals surface area contributed by atoms with Gasteiger partial charge in [-0.15, -0.1) is 0 Å². The molecule has 0 rings (SSSR count). The van der Waals surface area contributed by atoms with Crippen LogP contribution in [0.25, 0.3) is 0 Å². The standard InChI is InChI=1S/C8H10O3/c1-6(9)4-5-7(2)11-8(3)10/h7H,1-3H3/t7-/m1/s1. The van der Waals surface area contributed by atoms with Crippen LogP contribution in [-0.4, -0.2) is 17.9 Å². The fourth-order valence-corrected chi connectivity index (χ4v) is 0.482. The Balaban J connectivity index is 3.89. The Bertz CT molecular complexity index is 219. The molecule has 0 N–H and O–H groups in total. The van der Waals surface area contributed by atoms with Gasteiger partial charge in [-0.3, -0.25) is 9.59 Å². The van der Waals surface area contributed by atoms with Gasteiger partial charge in [0.25, 0.3) is 0 Å². The van der Waals surface area contributed by atoms with Gasteiger partial charge in [-0.25, -0.2) is 0 Å². The lowest BCUT2D eigenvalue weighted by atomic mass is 10.3. The van der Waals surface area contributed by atoms with E-state index < -0.39 is 12.1 Å². The van der Waals surface area contributed by atoms with Crippen molar-refractivity contribution >= 4 is 11.8 Å². The van der Waals surface area contributed by atoms with Gasteiger partial charge >= 0.3 is 5.97 Å². The minimum absolute atomic E-state index is 0.232. The largest absolute Gasteiger partial charge is 0.450 e. The molecule has 0 radical (unpaired) electrons. The molecule has 0 aliphatic carbocycles. The Kier molecular flexibility index (Phi) is 3.97. The van der Waals surface area contributed by atoms with Gasteiger partial charge in [0.15, 0.2) is 6.10 Å². The second kappa shape index (κ2) is 4.51. The second-order valence-electron chi connectivity index (χ2n) is 2.08. The van der Waals surface area contributed by atoms with Gasteiger partial charge < -0.3 is 4.74 Å². The third-order valence-corrected chi connectivity index (χ3v) is 0.794. The summed E-state index contributed by atoms with van der Waals surface area (Å²) in [6.45, 7) is 4.26. The zero-order valence-corrected chi connectivity index (χ0v) is 6.80. The van der Waals surface area contributed by atoms with Crippen LogP contribution in [0.5, 0.6) is 0 Å². The summed E-state index contributed by atoms with van der Waals surface area (Å²) in [5, 5.41) is 0. The predicted molar refractivity (Wildman–Crippen MR) is 39.7 cm³/mol. The van der Waals surface area contributed by atoms with E-state index in [9.17, 15) is 9.59 Å². The van der Waals surface area contributed by atoms with Crippen molar-refractivity contribution in [2.75, 3.05) is 0 Å². The van der Waals surface area contributed by atoms with E-state index in [1.54, 1.807) is 6.92 Å². The third-order valence-electron chi connectivity index (χ3n) is 0.794. The van der Waals surface area contributed by atoms with Gasteiger partial charge in [-0.2, -0.15) is 0 Å². The molecule has 0 fully saturated rings. The molecule has 1 atom stereocenters. The van der Waals surface area contributed by atoms with Crippen molar-refractivity contribution in [1.29, 1.82) is 0 Å². The van der Waals surface area contributed by atoms with Crippen LogP contribution in [0, 0.1) is 11.8 Å². The zero-order chi connectivity index (χ0) is 8.85. The molecule has 0 heterocycles. The summed E-state index contributed by atoms with van der Waals surface area (Å²) in [6, 6.07) is 0. The van der Waals surface area contributed by atoms with Gasteiger partial charge in [0.2, 0.25) is 5.78 Å². The van der Waals surface area contributed by atoms with E-state index in [1.807, 2.05) is 0 Å². The van der Waals surface area contributed by atoms with Crippen molar-refractivity contribution in [2.45, 2.75) is 26.9 Å². The minimum atomic E-state index is -0.503. The van der Waals surface area contributed by atoms with Gasteiger partial charge in [-0.1, -0.05) is 5.92 Å². The molecule has 0 amide bonds. The Morgan fingerprint density at radius 3 is 2.27 bits per heavy atom. The number of ether oxygens (including phenoxy) is 1. The van der Waals surface area contributed by atoms with Crippen LogP contribution in [0.3, 0.4) is 0 Å². The van der Waals surface area contributed by atoms with Crippen molar-refractivity contribution in [3.63, 3.8) is 0 Å². The highest BCUT2D eigenvalue weighted by atomic mass is 16.5. The summed E-state index contributed by atoms with van der Waals surface area (Å²) in [7, 11) is 0. The topological polar surface area (TPSA) is 43.4 Å². The van der Waals surface area contributed by atoms with Crippen molar-refractivity contribution in [2.24, 2.45) is 0 Å². The molecule has 60 valence electrons. The zero-order valence-electron chi connectivity index (χ0n) is 6.80. The predicted octanol–water partition coefficient (Wildman–Crippen LogP) is 0.530. The summed E-state index contributed by atoms with van der Waals surface area (Å²) in [6.07, 6.45) is -0.503. The van der Waals surface area contributed by atoms with E-state index in [0.29, 0.717) is 0 Å². The van der Waals surface area contributed by atoms with Crippen molar-refractivity contribution in [3.05, 3.63) is 0 Å². The van der Waals surface area contributed by atoms with Gasteiger partial charge in [-0.05, 0) is 12.8 Å². The summed E-state index contributed by atoms with van der Waals surface area (Å²) >= 11 is 0. The lowest BCUT2D eigenvalue weighted by molar-refractivity contribution is -0.143. The maximum Gasteiger partial charge on any atom is 0.303 e. The molecule has 0 aromatic rings. The molecule has 0 aliphatic rings. The number of hydrogen-bond donors (Lipinski definition) is 0. The van der Waals surface area contributed by atoms with Crippen LogP contribution in [0.1, 0.15) is 20.8 Å². The number of esters is 1. The highest BCUT2D eigenvalue weighted by molar-refractivity contribution is 5.93. The molecule has 0 saturated carbocycles. The fraction of sp³-hybridized carbons (Fsp3) is 0.500. The van der Waals surface area contributed by atoms with E-state index in [0.717, 1.165) is 0 Å². The lowest BCUT2D eigenvalue weighted by Gasteiger charge is -2.01. The van der Waals surface area contributed by atoms with Crippen LogP contribution in [0.2, 0.25) is 0 Å². The van der Waals surface area contributed by atoms with Crippen LogP contribution in [0.4, 0.5) is 0 Å². The first-order chi connectivity index (χ1) is 5.02. The summed E-state index contributed by atoms with van der Waals surface area (Å²) in [5.41, 5.74) is 0. The second-order valence-corrected chi connectivity index (χ2v) is 2.08. The first-order valence-electron chi connectivity index (χ1n) is 3.21. The highest BCUT2D eigenvalue weighted by Gasteiger charge is 1.98. The number of carbonyl (C=O) groups is 2. The molecule has 0 aliphatic heterocycles. The SMILES string of the molecule is CC(=O)C#C[C@@H](C)OC(C)=O. The number of hydrogen-bond acceptors (Lipinski definition) is 3. The highest BCUT2D eigenvalue weighted by Crippen LogP contribution is 1.87. The molecule has 0 saturated heterocycles. The molecule has 0 aromatic carbocycles. The van der Waals surface area contributed by atoms with Crippen LogP contribution >= 0.6 is 0 Å². The summed E-state index contributed by atoms with van der Waals surface area (Å²) in [4.78, 5) is 20.6. The molecule has 0 unspecified atom stereocenters. The van der Waals surface area contributed by atoms with E-state index in [1.165, 1.54) is 13.8 Å². The molecular formula is C8H10O3. The van der Waals surface area contributed by atoms with E-state index >= 15 is 0 Å². The third kappa shape index (κ3) is 6.59. The monoisotopic (exact) mass is 154 g/mol. The fourth-order valence-electron chi connectivity index (χ4n) is 0.482. The van der Waals surface area contributed by atoms with E-state index in [2.05, 4.69) is 16.6 Å². The van der Waals surface area contributed by atoms with Gasteiger partial charge in [0.05, 0.1) is 0 Å². The summed E-state index contributed by atoms with van der Waals surface area (Å²) in [5.74, 6) is 4.13. The van der Waals surface area contributed by atoms with Gasteiger partial charge in [0, 0.05) is 13.8 Å². The number of ketones is 1.